The van der Waals surface area contributed by atoms with Crippen LogP contribution in [0.25, 0.3) is 0 Å². The highest BCUT2D eigenvalue weighted by Crippen LogP contribution is 2.19. The first-order valence-corrected chi connectivity index (χ1v) is 8.22. The summed E-state index contributed by atoms with van der Waals surface area (Å²) >= 11 is 0. The van der Waals surface area contributed by atoms with Crippen molar-refractivity contribution in [2.75, 3.05) is 6.61 Å². The van der Waals surface area contributed by atoms with Gasteiger partial charge in [-0.25, -0.2) is 0 Å². The predicted octanol–water partition coefficient (Wildman–Crippen LogP) is 3.83. The fraction of sp³-hybridized carbons (Fsp3) is 0.875. The molecule has 0 radical (unpaired) electrons. The summed E-state index contributed by atoms with van der Waals surface area (Å²) in [7, 11) is 0. The van der Waals surface area contributed by atoms with Crippen LogP contribution in [0.5, 0.6) is 0 Å². The molecule has 1 aliphatic rings. The van der Waals surface area contributed by atoms with E-state index in [2.05, 4.69) is 0 Å². The van der Waals surface area contributed by atoms with Gasteiger partial charge >= 0.3 is 0 Å². The van der Waals surface area contributed by atoms with Crippen molar-refractivity contribution in [1.82, 2.24) is 0 Å². The van der Waals surface area contributed by atoms with Gasteiger partial charge in [-0.15, -0.1) is 0 Å². The molecule has 2 atom stereocenters. The van der Waals surface area contributed by atoms with Crippen molar-refractivity contribution in [1.29, 1.82) is 0 Å². The molecule has 1 saturated heterocycles. The molecule has 0 aromatic carbocycles. The number of unbranched alkanes of at least 4 members (excludes halogenated alkanes) is 2. The molecule has 0 aliphatic carbocycles. The molecular weight excluding hydrogens is 270 g/mol. The number of nitrogens with zero attached hydrogens (tertiary/aromatic N) is 1. The number of ether oxygens (including phenoxy) is 1. The first kappa shape index (κ1) is 18.1. The van der Waals surface area contributed by atoms with E-state index in [-0.39, 0.29) is 11.0 Å². The second-order valence-electron chi connectivity index (χ2n) is 5.97. The molecular formula is C16H29NO4. The molecule has 1 fully saturated rings. The summed E-state index contributed by atoms with van der Waals surface area (Å²) in [4.78, 5) is 10.7. The molecule has 0 amide bonds. The van der Waals surface area contributed by atoms with E-state index >= 15 is 0 Å². The fourth-order valence-corrected chi connectivity index (χ4v) is 2.67. The second-order valence-corrected chi connectivity index (χ2v) is 5.97. The minimum atomic E-state index is -0.381. The van der Waals surface area contributed by atoms with Gasteiger partial charge in [0.05, 0.1) is 17.1 Å². The van der Waals surface area contributed by atoms with E-state index in [9.17, 15) is 15.2 Å². The van der Waals surface area contributed by atoms with Gasteiger partial charge in [0.15, 0.2) is 0 Å². The first-order chi connectivity index (χ1) is 10.1. The Kier molecular flexibility index (Phi) is 9.26. The third-order valence-corrected chi connectivity index (χ3v) is 3.92. The van der Waals surface area contributed by atoms with Gasteiger partial charge in [0.2, 0.25) is 5.70 Å². The summed E-state index contributed by atoms with van der Waals surface area (Å²) in [5.41, 5.74) is 0.296. The lowest BCUT2D eigenvalue weighted by Gasteiger charge is -2.22. The Morgan fingerprint density at radius 1 is 1.43 bits per heavy atom. The van der Waals surface area contributed by atoms with E-state index in [0.29, 0.717) is 31.1 Å². The maximum absolute atomic E-state index is 10.9. The van der Waals surface area contributed by atoms with Crippen LogP contribution >= 0.6 is 0 Å². The number of aliphatic hydroxyl groups is 1. The largest absolute Gasteiger partial charge is 0.393 e. The van der Waals surface area contributed by atoms with Crippen molar-refractivity contribution in [3.05, 3.63) is 21.9 Å². The quantitative estimate of drug-likeness (QED) is 0.378. The SMILES string of the molecule is CC(O)CCC/C(=C\CCCCC1CCCCO1)[N+](=O)[O-]. The van der Waals surface area contributed by atoms with E-state index in [1.807, 2.05) is 0 Å². The third-order valence-electron chi connectivity index (χ3n) is 3.92. The van der Waals surface area contributed by atoms with Gasteiger partial charge in [0, 0.05) is 13.0 Å². The summed E-state index contributed by atoms with van der Waals surface area (Å²) in [5.74, 6) is 0. The number of hydrogen-bond acceptors (Lipinski definition) is 4. The molecule has 1 heterocycles. The molecule has 0 aromatic heterocycles. The molecule has 1 aliphatic heterocycles. The van der Waals surface area contributed by atoms with Gasteiger partial charge in [-0.1, -0.05) is 6.42 Å². The normalized spacial score (nSPS) is 21.2. The number of allylic oxidation sites excluding steroid dienone is 2. The van der Waals surface area contributed by atoms with Crippen molar-refractivity contribution in [3.63, 3.8) is 0 Å². The predicted molar refractivity (Wildman–Crippen MR) is 82.7 cm³/mol. The van der Waals surface area contributed by atoms with Crippen LogP contribution in [0.3, 0.4) is 0 Å². The summed E-state index contributed by atoms with van der Waals surface area (Å²) in [6, 6.07) is 0. The molecule has 0 saturated carbocycles. The topological polar surface area (TPSA) is 72.6 Å². The average molecular weight is 299 g/mol. The number of nitro groups is 1. The van der Waals surface area contributed by atoms with Gasteiger partial charge in [-0.05, 0) is 64.4 Å². The maximum Gasteiger partial charge on any atom is 0.242 e. The first-order valence-electron chi connectivity index (χ1n) is 8.22. The van der Waals surface area contributed by atoms with Crippen molar-refractivity contribution in [2.45, 2.75) is 83.3 Å². The zero-order valence-electron chi connectivity index (χ0n) is 13.1. The van der Waals surface area contributed by atoms with Crippen LogP contribution < -0.4 is 0 Å². The van der Waals surface area contributed by atoms with Gasteiger partial charge in [-0.2, -0.15) is 0 Å². The van der Waals surface area contributed by atoms with Crippen LogP contribution in [0.4, 0.5) is 0 Å². The van der Waals surface area contributed by atoms with Gasteiger partial charge in [0.1, 0.15) is 0 Å². The van der Waals surface area contributed by atoms with E-state index in [0.717, 1.165) is 38.7 Å². The molecule has 1 N–H and O–H groups in total. The van der Waals surface area contributed by atoms with Crippen LogP contribution in [-0.4, -0.2) is 28.8 Å². The zero-order chi connectivity index (χ0) is 15.5. The van der Waals surface area contributed by atoms with Crippen LogP contribution in [0.15, 0.2) is 11.8 Å². The molecule has 5 heteroatoms. The summed E-state index contributed by atoms with van der Waals surface area (Å²) in [6.07, 6.45) is 11.0. The van der Waals surface area contributed by atoms with E-state index < -0.39 is 0 Å². The molecule has 0 aromatic rings. The van der Waals surface area contributed by atoms with Gasteiger partial charge in [0.25, 0.3) is 0 Å². The molecule has 5 nitrogen and oxygen atoms in total. The maximum atomic E-state index is 10.9. The molecule has 2 unspecified atom stereocenters. The van der Waals surface area contributed by atoms with Crippen molar-refractivity contribution < 1.29 is 14.8 Å². The fourth-order valence-electron chi connectivity index (χ4n) is 2.67. The third kappa shape index (κ3) is 8.83. The Bertz CT molecular complexity index is 322. The van der Waals surface area contributed by atoms with Crippen molar-refractivity contribution >= 4 is 0 Å². The number of hydrogen-bond donors (Lipinski definition) is 1. The number of rotatable bonds is 10. The average Bonchev–Trinajstić information content (AvgIpc) is 2.45. The summed E-state index contributed by atoms with van der Waals surface area (Å²) in [6.45, 7) is 2.60. The highest BCUT2D eigenvalue weighted by molar-refractivity contribution is 4.91. The minimum absolute atomic E-state index is 0.285. The summed E-state index contributed by atoms with van der Waals surface area (Å²) < 4.78 is 5.67. The molecule has 21 heavy (non-hydrogen) atoms. The molecule has 1 rings (SSSR count). The Morgan fingerprint density at radius 3 is 2.86 bits per heavy atom. The Hall–Kier alpha value is -0.940. The standard InChI is InChI=1S/C16H29NO4/c1-14(18)8-7-10-15(17(19)20)9-3-2-4-11-16-12-5-6-13-21-16/h9,14,16,18H,2-8,10-13H2,1H3/b15-9+. The van der Waals surface area contributed by atoms with Gasteiger partial charge < -0.3 is 9.84 Å². The van der Waals surface area contributed by atoms with Crippen molar-refractivity contribution in [3.8, 4) is 0 Å². The Labute approximate surface area is 127 Å². The molecule has 0 spiro atoms. The monoisotopic (exact) mass is 299 g/mol. The van der Waals surface area contributed by atoms with Crippen LogP contribution in [0.1, 0.15) is 71.1 Å². The van der Waals surface area contributed by atoms with Crippen LogP contribution in [0, 0.1) is 10.1 Å². The lowest BCUT2D eigenvalue weighted by atomic mass is 10.0. The second kappa shape index (κ2) is 10.7. The lowest BCUT2D eigenvalue weighted by molar-refractivity contribution is -0.428. The smallest absolute Gasteiger partial charge is 0.242 e. The molecule has 122 valence electrons. The Balaban J connectivity index is 2.16. The number of aliphatic hydroxyl groups excluding tert-OH is 1. The zero-order valence-corrected chi connectivity index (χ0v) is 13.1. The van der Waals surface area contributed by atoms with E-state index in [4.69, 9.17) is 4.74 Å². The highest BCUT2D eigenvalue weighted by atomic mass is 16.6. The van der Waals surface area contributed by atoms with Crippen LogP contribution in [0.2, 0.25) is 0 Å². The summed E-state index contributed by atoms with van der Waals surface area (Å²) in [5, 5.41) is 20.1. The Morgan fingerprint density at radius 2 is 2.24 bits per heavy atom. The van der Waals surface area contributed by atoms with Crippen molar-refractivity contribution in [2.24, 2.45) is 0 Å². The highest BCUT2D eigenvalue weighted by Gasteiger charge is 2.13. The lowest BCUT2D eigenvalue weighted by Crippen LogP contribution is -2.18. The van der Waals surface area contributed by atoms with E-state index in [1.54, 1.807) is 13.0 Å². The molecule has 0 bridgehead atoms. The van der Waals surface area contributed by atoms with Gasteiger partial charge in [-0.3, -0.25) is 10.1 Å². The minimum Gasteiger partial charge on any atom is -0.393 e. The van der Waals surface area contributed by atoms with E-state index in [1.165, 1.54) is 12.8 Å². The van der Waals surface area contributed by atoms with Crippen LogP contribution in [-0.2, 0) is 4.74 Å².